The zero-order chi connectivity index (χ0) is 30.7. The van der Waals surface area contributed by atoms with Gasteiger partial charge in [-0.15, -0.1) is 0 Å². The van der Waals surface area contributed by atoms with Crippen LogP contribution in [0.1, 0.15) is 47.9 Å². The van der Waals surface area contributed by atoms with Crippen LogP contribution in [0.4, 0.5) is 10.2 Å². The summed E-state index contributed by atoms with van der Waals surface area (Å²) in [4.78, 5) is 28.3. The highest BCUT2D eigenvalue weighted by Gasteiger charge is 2.46. The molecule has 7 rings (SSSR count). The van der Waals surface area contributed by atoms with Crippen LogP contribution in [-0.2, 0) is 9.84 Å². The summed E-state index contributed by atoms with van der Waals surface area (Å²) in [7, 11) is -2.32. The molecule has 0 saturated carbocycles. The number of fused-ring (bicyclic) bond motifs is 3. The highest BCUT2D eigenvalue weighted by atomic mass is 32.2. The monoisotopic (exact) mass is 617 g/mol. The van der Waals surface area contributed by atoms with Gasteiger partial charge in [-0.3, -0.25) is 14.9 Å². The van der Waals surface area contributed by atoms with Gasteiger partial charge in [0, 0.05) is 53.2 Å². The minimum Gasteiger partial charge on any atom is -0.497 e. The number of methoxy groups -OCH3 is 1. The molecule has 2 fully saturated rings. The fourth-order valence-electron chi connectivity index (χ4n) is 6.58. The van der Waals surface area contributed by atoms with Crippen LogP contribution in [0.15, 0.2) is 53.9 Å². The Labute approximate surface area is 251 Å². The minimum atomic E-state index is -3.79. The van der Waals surface area contributed by atoms with Crippen LogP contribution >= 0.6 is 0 Å². The van der Waals surface area contributed by atoms with Crippen molar-refractivity contribution < 1.29 is 22.3 Å². The molecule has 3 N–H and O–H groups in total. The van der Waals surface area contributed by atoms with E-state index in [-0.39, 0.29) is 40.4 Å². The van der Waals surface area contributed by atoms with Crippen molar-refractivity contribution in [3.63, 3.8) is 0 Å². The number of aromatic nitrogens is 7. The molecule has 0 radical (unpaired) electrons. The van der Waals surface area contributed by atoms with Crippen molar-refractivity contribution in [1.82, 2.24) is 39.7 Å². The molecule has 1 unspecified atom stereocenters. The smallest absolute Gasteiger partial charge is 0.291 e. The third kappa shape index (κ3) is 4.54. The standard InChI is InChI=1S/C29H28FN9O4S/c1-43-19-6-7-20(22(30)11-19)23-8-3-15(12-32-23)21-13-35-39-26(31)25(44(2,41)42)24(36-28(21)39)16-9-17-4-5-18(10-16)38(17)29(40)27-33-14-34-37-27/h3,6-8,11-14,16-18H,4-5,9-10,31H2,1-2H3,(H,33,34,37)/t16?,17-,18+. The molecule has 4 aromatic heterocycles. The van der Waals surface area contributed by atoms with E-state index in [0.29, 0.717) is 52.3 Å². The maximum Gasteiger partial charge on any atom is 0.291 e. The number of hydrogen-bond donors (Lipinski definition) is 2. The van der Waals surface area contributed by atoms with Crippen molar-refractivity contribution in [2.75, 3.05) is 19.1 Å². The van der Waals surface area contributed by atoms with Crippen LogP contribution in [0.5, 0.6) is 5.75 Å². The van der Waals surface area contributed by atoms with Gasteiger partial charge in [0.1, 0.15) is 28.6 Å². The molecule has 6 heterocycles. The van der Waals surface area contributed by atoms with E-state index < -0.39 is 15.7 Å². The summed E-state index contributed by atoms with van der Waals surface area (Å²) in [6, 6.07) is 7.81. The van der Waals surface area contributed by atoms with Gasteiger partial charge >= 0.3 is 0 Å². The predicted molar refractivity (Wildman–Crippen MR) is 157 cm³/mol. The van der Waals surface area contributed by atoms with Gasteiger partial charge in [-0.25, -0.2) is 22.8 Å². The maximum absolute atomic E-state index is 14.7. The summed E-state index contributed by atoms with van der Waals surface area (Å²) in [5, 5.41) is 10.8. The zero-order valence-electron chi connectivity index (χ0n) is 23.8. The molecule has 44 heavy (non-hydrogen) atoms. The lowest BCUT2D eigenvalue weighted by Crippen LogP contribution is -2.46. The number of nitrogens with one attached hydrogen (secondary N) is 1. The molecule has 2 aliphatic heterocycles. The largest absolute Gasteiger partial charge is 0.497 e. The van der Waals surface area contributed by atoms with Crippen molar-refractivity contribution in [2.45, 2.75) is 48.6 Å². The van der Waals surface area contributed by atoms with Gasteiger partial charge in [0.15, 0.2) is 15.5 Å². The van der Waals surface area contributed by atoms with E-state index in [0.717, 1.165) is 19.1 Å². The Kier molecular flexibility index (Phi) is 6.57. The molecule has 2 aliphatic rings. The number of nitrogens with zero attached hydrogens (tertiary/aromatic N) is 7. The number of pyridine rings is 1. The van der Waals surface area contributed by atoms with E-state index in [9.17, 15) is 17.6 Å². The number of rotatable bonds is 6. The number of H-pyrrole nitrogens is 1. The van der Waals surface area contributed by atoms with Crippen LogP contribution in [0.3, 0.4) is 0 Å². The minimum absolute atomic E-state index is 0.0313. The Morgan fingerprint density at radius 3 is 2.48 bits per heavy atom. The second-order valence-corrected chi connectivity index (χ2v) is 13.1. The highest BCUT2D eigenvalue weighted by Crippen LogP contribution is 2.45. The second-order valence-electron chi connectivity index (χ2n) is 11.2. The summed E-state index contributed by atoms with van der Waals surface area (Å²) < 4.78 is 47.3. The molecule has 2 saturated heterocycles. The molecule has 226 valence electrons. The van der Waals surface area contributed by atoms with Gasteiger partial charge in [-0.2, -0.15) is 14.7 Å². The Balaban J connectivity index is 1.27. The molecule has 1 amide bonds. The van der Waals surface area contributed by atoms with Gasteiger partial charge < -0.3 is 15.4 Å². The zero-order valence-corrected chi connectivity index (χ0v) is 24.6. The summed E-state index contributed by atoms with van der Waals surface area (Å²) >= 11 is 0. The molecular formula is C29H28FN9O4S. The number of aromatic amines is 1. The van der Waals surface area contributed by atoms with Gasteiger partial charge in [-0.1, -0.05) is 6.07 Å². The lowest BCUT2D eigenvalue weighted by molar-refractivity contribution is 0.0556. The number of nitrogens with two attached hydrogens (primary N) is 1. The highest BCUT2D eigenvalue weighted by molar-refractivity contribution is 7.91. The molecule has 2 bridgehead atoms. The summed E-state index contributed by atoms with van der Waals surface area (Å²) in [6.07, 6.45) is 8.18. The van der Waals surface area contributed by atoms with Crippen molar-refractivity contribution >= 4 is 27.2 Å². The fourth-order valence-corrected chi connectivity index (χ4v) is 7.64. The van der Waals surface area contributed by atoms with Crippen LogP contribution in [-0.4, -0.2) is 79.4 Å². The Bertz CT molecular complexity index is 2000. The van der Waals surface area contributed by atoms with E-state index in [1.165, 1.54) is 24.0 Å². The van der Waals surface area contributed by atoms with Gasteiger partial charge in [0.25, 0.3) is 5.91 Å². The molecular weight excluding hydrogens is 589 g/mol. The molecule has 1 aromatic carbocycles. The van der Waals surface area contributed by atoms with Gasteiger partial charge in [0.05, 0.1) is 24.7 Å². The first-order valence-electron chi connectivity index (χ1n) is 14.0. The molecule has 0 aliphatic carbocycles. The van der Waals surface area contributed by atoms with Gasteiger partial charge in [-0.05, 0) is 43.9 Å². The number of carbonyl (C=O) groups is 1. The van der Waals surface area contributed by atoms with Crippen LogP contribution < -0.4 is 10.5 Å². The van der Waals surface area contributed by atoms with Gasteiger partial charge in [0.2, 0.25) is 5.82 Å². The van der Waals surface area contributed by atoms with E-state index in [1.807, 2.05) is 4.90 Å². The van der Waals surface area contributed by atoms with Crippen molar-refractivity contribution in [3.8, 4) is 28.1 Å². The first-order chi connectivity index (χ1) is 21.1. The topological polar surface area (TPSA) is 174 Å². The number of anilines is 1. The SMILES string of the molecule is COc1ccc(-c2ccc(-c3cnn4c(N)c(S(C)(=O)=O)c(C5C[C@H]6CC[C@@H](C5)N6C(=O)c5ncn[nH]5)nc34)cn2)c(F)c1. The van der Waals surface area contributed by atoms with Crippen molar-refractivity contribution in [2.24, 2.45) is 0 Å². The number of benzene rings is 1. The Morgan fingerprint density at radius 1 is 1.09 bits per heavy atom. The predicted octanol–water partition coefficient (Wildman–Crippen LogP) is 3.26. The number of piperidine rings is 1. The second kappa shape index (κ2) is 10.4. The van der Waals surface area contributed by atoms with Crippen LogP contribution in [0.25, 0.3) is 28.0 Å². The quantitative estimate of drug-likeness (QED) is 0.288. The van der Waals surface area contributed by atoms with E-state index >= 15 is 0 Å². The number of halogens is 1. The number of hydrogen-bond acceptors (Lipinski definition) is 10. The average Bonchev–Trinajstić information content (AvgIpc) is 3.75. The van der Waals surface area contributed by atoms with E-state index in [1.54, 1.807) is 36.7 Å². The van der Waals surface area contributed by atoms with Crippen molar-refractivity contribution in [3.05, 3.63) is 66.4 Å². The molecule has 15 heteroatoms. The number of ether oxygens (including phenoxy) is 1. The first-order valence-corrected chi connectivity index (χ1v) is 15.9. The third-order valence-electron chi connectivity index (χ3n) is 8.53. The third-order valence-corrected chi connectivity index (χ3v) is 9.69. The molecule has 3 atom stereocenters. The summed E-state index contributed by atoms with van der Waals surface area (Å²) in [6.45, 7) is 0. The summed E-state index contributed by atoms with van der Waals surface area (Å²) in [5.74, 6) is -0.388. The molecule has 13 nitrogen and oxygen atoms in total. The number of carbonyl (C=O) groups excluding carboxylic acids is 1. The van der Waals surface area contributed by atoms with Crippen LogP contribution in [0.2, 0.25) is 0 Å². The molecule has 0 spiro atoms. The van der Waals surface area contributed by atoms with E-state index in [4.69, 9.17) is 15.5 Å². The Morgan fingerprint density at radius 2 is 1.86 bits per heavy atom. The Hall–Kier alpha value is -4.92. The average molecular weight is 618 g/mol. The van der Waals surface area contributed by atoms with E-state index in [2.05, 4.69) is 25.3 Å². The normalized spacial score (nSPS) is 19.9. The number of sulfone groups is 1. The lowest BCUT2D eigenvalue weighted by atomic mass is 9.87. The summed E-state index contributed by atoms with van der Waals surface area (Å²) in [5.41, 5.74) is 9.24. The fraction of sp³-hybridized carbons (Fsp3) is 0.310. The van der Waals surface area contributed by atoms with Crippen LogP contribution in [0, 0.1) is 5.82 Å². The molecule has 5 aromatic rings. The first kappa shape index (κ1) is 27.9. The maximum atomic E-state index is 14.7. The van der Waals surface area contributed by atoms with Crippen molar-refractivity contribution in [1.29, 1.82) is 0 Å². The number of amides is 1. The lowest BCUT2D eigenvalue weighted by Gasteiger charge is -2.38. The number of nitrogen functional groups attached to an aromatic ring is 1.